The first kappa shape index (κ1) is 9.24. The fraction of sp³-hybridized carbons (Fsp3) is 0.100. The number of halogens is 1. The van der Waals surface area contributed by atoms with E-state index in [-0.39, 0.29) is 6.61 Å². The molecule has 1 aromatic heterocycles. The summed E-state index contributed by atoms with van der Waals surface area (Å²) in [6.45, 7) is -0.110. The monoisotopic (exact) mass is 208 g/mol. The van der Waals surface area contributed by atoms with Crippen molar-refractivity contribution >= 4 is 28.2 Å². The molecule has 0 bridgehead atoms. The van der Waals surface area contributed by atoms with Crippen LogP contribution in [-0.4, -0.2) is 10.1 Å². The zero-order valence-electron chi connectivity index (χ0n) is 7.37. The van der Waals surface area contributed by atoms with E-state index >= 15 is 0 Å². The molecule has 3 N–H and O–H groups in total. The van der Waals surface area contributed by atoms with Crippen LogP contribution in [0.3, 0.4) is 0 Å². The first-order chi connectivity index (χ1) is 6.72. The molecular formula is C10H9ClN2O. The molecular weight excluding hydrogens is 200 g/mol. The Kier molecular flexibility index (Phi) is 2.27. The van der Waals surface area contributed by atoms with Gasteiger partial charge in [0, 0.05) is 27.9 Å². The van der Waals surface area contributed by atoms with Gasteiger partial charge in [-0.1, -0.05) is 11.6 Å². The number of nitrogens with two attached hydrogens (primary N) is 1. The highest BCUT2D eigenvalue weighted by Crippen LogP contribution is 2.25. The summed E-state index contributed by atoms with van der Waals surface area (Å²) in [6, 6.07) is 5.31. The zero-order chi connectivity index (χ0) is 10.1. The number of aromatic nitrogens is 1. The molecule has 0 spiro atoms. The fourth-order valence-electron chi connectivity index (χ4n) is 1.35. The predicted octanol–water partition coefficient (Wildman–Crippen LogP) is 1.96. The Bertz CT molecular complexity index is 485. The number of rotatable bonds is 1. The average molecular weight is 209 g/mol. The lowest BCUT2D eigenvalue weighted by molar-refractivity contribution is 0.282. The van der Waals surface area contributed by atoms with Crippen LogP contribution < -0.4 is 5.73 Å². The number of nitrogens with zero attached hydrogens (tertiary/aromatic N) is 1. The third-order valence-corrected chi connectivity index (χ3v) is 2.36. The number of benzene rings is 1. The second kappa shape index (κ2) is 3.44. The van der Waals surface area contributed by atoms with E-state index in [1.54, 1.807) is 24.4 Å². The van der Waals surface area contributed by atoms with Gasteiger partial charge in [-0.2, -0.15) is 0 Å². The maximum atomic E-state index is 8.99. The molecule has 0 aliphatic carbocycles. The smallest absolute Gasteiger partial charge is 0.0723 e. The molecule has 4 heteroatoms. The van der Waals surface area contributed by atoms with Crippen molar-refractivity contribution in [1.82, 2.24) is 4.98 Å². The third-order valence-electron chi connectivity index (χ3n) is 2.12. The Balaban J connectivity index is 2.79. The van der Waals surface area contributed by atoms with E-state index in [9.17, 15) is 0 Å². The number of hydrogen-bond donors (Lipinski definition) is 2. The maximum absolute atomic E-state index is 8.99. The summed E-state index contributed by atoms with van der Waals surface area (Å²) >= 11 is 5.84. The Morgan fingerprint density at radius 1 is 1.43 bits per heavy atom. The first-order valence-corrected chi connectivity index (χ1v) is 4.53. The van der Waals surface area contributed by atoms with Crippen LogP contribution in [0.2, 0.25) is 5.02 Å². The van der Waals surface area contributed by atoms with Crippen molar-refractivity contribution in [2.24, 2.45) is 0 Å². The van der Waals surface area contributed by atoms with Gasteiger partial charge in [-0.05, 0) is 18.2 Å². The minimum Gasteiger partial charge on any atom is -0.398 e. The van der Waals surface area contributed by atoms with Gasteiger partial charge >= 0.3 is 0 Å². The molecule has 0 saturated carbocycles. The van der Waals surface area contributed by atoms with E-state index in [2.05, 4.69) is 4.98 Å². The van der Waals surface area contributed by atoms with E-state index in [0.717, 1.165) is 10.9 Å². The van der Waals surface area contributed by atoms with Crippen LogP contribution in [0, 0.1) is 0 Å². The highest BCUT2D eigenvalue weighted by molar-refractivity contribution is 6.31. The third kappa shape index (κ3) is 1.41. The molecule has 0 aliphatic rings. The molecule has 0 unspecified atom stereocenters. The maximum Gasteiger partial charge on any atom is 0.0723 e. The second-order valence-electron chi connectivity index (χ2n) is 3.02. The summed E-state index contributed by atoms with van der Waals surface area (Å²) in [5, 5.41) is 10.4. The van der Waals surface area contributed by atoms with Crippen LogP contribution in [0.15, 0.2) is 24.4 Å². The van der Waals surface area contributed by atoms with E-state index in [1.807, 2.05) is 0 Å². The van der Waals surface area contributed by atoms with Crippen LogP contribution in [0.4, 0.5) is 5.69 Å². The second-order valence-corrected chi connectivity index (χ2v) is 3.45. The summed E-state index contributed by atoms with van der Waals surface area (Å²) < 4.78 is 0. The topological polar surface area (TPSA) is 59.1 Å². The molecule has 1 aromatic carbocycles. The van der Waals surface area contributed by atoms with Crippen LogP contribution in [0.5, 0.6) is 0 Å². The van der Waals surface area contributed by atoms with Crippen LogP contribution >= 0.6 is 11.6 Å². The van der Waals surface area contributed by atoms with Crippen molar-refractivity contribution in [3.63, 3.8) is 0 Å². The fourth-order valence-corrected chi connectivity index (χ4v) is 1.52. The molecule has 0 aliphatic heterocycles. The Morgan fingerprint density at radius 3 is 2.93 bits per heavy atom. The van der Waals surface area contributed by atoms with Gasteiger partial charge in [-0.15, -0.1) is 0 Å². The lowest BCUT2D eigenvalue weighted by Crippen LogP contribution is -1.97. The van der Waals surface area contributed by atoms with Gasteiger partial charge in [-0.25, -0.2) is 0 Å². The Labute approximate surface area is 86.1 Å². The van der Waals surface area contributed by atoms with Crippen LogP contribution in [0.25, 0.3) is 10.9 Å². The largest absolute Gasteiger partial charge is 0.398 e. The van der Waals surface area contributed by atoms with E-state index < -0.39 is 0 Å². The molecule has 0 amide bonds. The lowest BCUT2D eigenvalue weighted by Gasteiger charge is -2.05. The van der Waals surface area contributed by atoms with Gasteiger partial charge in [0.2, 0.25) is 0 Å². The van der Waals surface area contributed by atoms with Crippen molar-refractivity contribution in [3.8, 4) is 0 Å². The summed E-state index contributed by atoms with van der Waals surface area (Å²) in [5.41, 5.74) is 7.79. The number of nitrogen functional groups attached to an aromatic ring is 1. The van der Waals surface area contributed by atoms with E-state index in [0.29, 0.717) is 16.3 Å². The van der Waals surface area contributed by atoms with Gasteiger partial charge in [-0.3, -0.25) is 4.98 Å². The number of pyridine rings is 1. The zero-order valence-corrected chi connectivity index (χ0v) is 8.12. The summed E-state index contributed by atoms with van der Waals surface area (Å²) in [7, 11) is 0. The van der Waals surface area contributed by atoms with Crippen molar-refractivity contribution in [1.29, 1.82) is 0 Å². The van der Waals surface area contributed by atoms with Crippen LogP contribution in [-0.2, 0) is 6.61 Å². The highest BCUT2D eigenvalue weighted by atomic mass is 35.5. The molecule has 0 radical (unpaired) electrons. The minimum absolute atomic E-state index is 0.110. The summed E-state index contributed by atoms with van der Waals surface area (Å²) in [6.07, 6.45) is 1.57. The molecule has 14 heavy (non-hydrogen) atoms. The molecule has 1 heterocycles. The highest BCUT2D eigenvalue weighted by Gasteiger charge is 2.04. The Hall–Kier alpha value is -1.32. The SMILES string of the molecule is Nc1c(CO)cnc2ccc(Cl)cc12. The lowest BCUT2D eigenvalue weighted by atomic mass is 10.1. The van der Waals surface area contributed by atoms with Gasteiger partial charge in [0.25, 0.3) is 0 Å². The van der Waals surface area contributed by atoms with Crippen molar-refractivity contribution in [3.05, 3.63) is 35.0 Å². The molecule has 3 nitrogen and oxygen atoms in total. The number of hydrogen-bond acceptors (Lipinski definition) is 3. The molecule has 72 valence electrons. The molecule has 2 aromatic rings. The van der Waals surface area contributed by atoms with Gasteiger partial charge < -0.3 is 10.8 Å². The number of aliphatic hydroxyl groups excluding tert-OH is 1. The van der Waals surface area contributed by atoms with E-state index in [1.165, 1.54) is 0 Å². The molecule has 2 rings (SSSR count). The van der Waals surface area contributed by atoms with Crippen molar-refractivity contribution < 1.29 is 5.11 Å². The number of fused-ring (bicyclic) bond motifs is 1. The molecule has 0 saturated heterocycles. The minimum atomic E-state index is -0.110. The number of anilines is 1. The predicted molar refractivity (Wildman–Crippen MR) is 57.1 cm³/mol. The standard InChI is InChI=1S/C10H9ClN2O/c11-7-1-2-9-8(3-7)10(12)6(5-14)4-13-9/h1-4,14H,5H2,(H2,12,13). The van der Waals surface area contributed by atoms with E-state index in [4.69, 9.17) is 22.4 Å². The van der Waals surface area contributed by atoms with Gasteiger partial charge in [0.1, 0.15) is 0 Å². The number of aliphatic hydroxyl groups is 1. The van der Waals surface area contributed by atoms with Crippen molar-refractivity contribution in [2.45, 2.75) is 6.61 Å². The van der Waals surface area contributed by atoms with Crippen LogP contribution in [0.1, 0.15) is 5.56 Å². The van der Waals surface area contributed by atoms with Crippen molar-refractivity contribution in [2.75, 3.05) is 5.73 Å². The average Bonchev–Trinajstić information content (AvgIpc) is 2.20. The first-order valence-electron chi connectivity index (χ1n) is 4.16. The molecule has 0 fully saturated rings. The van der Waals surface area contributed by atoms with Gasteiger partial charge in [0.05, 0.1) is 12.1 Å². The molecule has 0 atom stereocenters. The summed E-state index contributed by atoms with van der Waals surface area (Å²) in [4.78, 5) is 4.16. The quantitative estimate of drug-likeness (QED) is 0.753. The summed E-state index contributed by atoms with van der Waals surface area (Å²) in [5.74, 6) is 0. The van der Waals surface area contributed by atoms with Gasteiger partial charge in [0.15, 0.2) is 0 Å². The Morgan fingerprint density at radius 2 is 2.21 bits per heavy atom. The normalized spacial score (nSPS) is 10.7.